The normalized spacial score (nSPS) is 17.5. The van der Waals surface area contributed by atoms with Crippen LogP contribution in [0.3, 0.4) is 0 Å². The van der Waals surface area contributed by atoms with Crippen LogP contribution in [0.25, 0.3) is 0 Å². The minimum Gasteiger partial charge on any atom is -0.504 e. The SMILES string of the molecule is C=C1NC=NC(C(Cc2ccc(C#Cc3ccc(CN4CCOCC4)cc3)cc2)C(C)(C)O)=C1O. The number of hydrogen-bond acceptors (Lipinski definition) is 6. The van der Waals surface area contributed by atoms with E-state index in [1.54, 1.807) is 13.8 Å². The lowest BCUT2D eigenvalue weighted by atomic mass is 9.82. The Kier molecular flexibility index (Phi) is 7.72. The van der Waals surface area contributed by atoms with Crippen molar-refractivity contribution in [3.05, 3.63) is 94.5 Å². The van der Waals surface area contributed by atoms with Gasteiger partial charge in [-0.25, -0.2) is 4.99 Å². The van der Waals surface area contributed by atoms with Gasteiger partial charge >= 0.3 is 0 Å². The lowest BCUT2D eigenvalue weighted by molar-refractivity contribution is 0.0303. The quantitative estimate of drug-likeness (QED) is 0.559. The third-order valence-corrected chi connectivity index (χ3v) is 6.36. The number of nitrogens with one attached hydrogen (secondary N) is 1. The number of aliphatic imine (C=N–C) groups is 1. The first-order valence-corrected chi connectivity index (χ1v) is 11.9. The minimum absolute atomic E-state index is 0.0157. The van der Waals surface area contributed by atoms with Crippen molar-refractivity contribution in [2.45, 2.75) is 32.4 Å². The van der Waals surface area contributed by atoms with Crippen molar-refractivity contribution < 1.29 is 14.9 Å². The highest BCUT2D eigenvalue weighted by Gasteiger charge is 2.34. The van der Waals surface area contributed by atoms with Crippen LogP contribution in [-0.4, -0.2) is 53.4 Å². The highest BCUT2D eigenvalue weighted by molar-refractivity contribution is 5.64. The van der Waals surface area contributed by atoms with Crippen molar-refractivity contribution >= 4 is 6.34 Å². The molecular formula is C29H33N3O3. The van der Waals surface area contributed by atoms with Gasteiger partial charge in [-0.15, -0.1) is 0 Å². The fourth-order valence-electron chi connectivity index (χ4n) is 4.22. The number of rotatable bonds is 6. The maximum Gasteiger partial charge on any atom is 0.160 e. The molecule has 2 aliphatic rings. The molecule has 1 atom stereocenters. The molecule has 0 spiro atoms. The van der Waals surface area contributed by atoms with E-state index in [1.165, 1.54) is 11.9 Å². The highest BCUT2D eigenvalue weighted by atomic mass is 16.5. The molecule has 6 nitrogen and oxygen atoms in total. The Balaban J connectivity index is 1.41. The van der Waals surface area contributed by atoms with Crippen LogP contribution in [0.1, 0.15) is 36.1 Å². The summed E-state index contributed by atoms with van der Waals surface area (Å²) in [5, 5.41) is 24.0. The van der Waals surface area contributed by atoms with Gasteiger partial charge in [0.25, 0.3) is 0 Å². The van der Waals surface area contributed by atoms with Crippen LogP contribution in [0, 0.1) is 17.8 Å². The molecule has 0 aromatic heterocycles. The molecule has 0 aliphatic carbocycles. The number of ether oxygens (including phenoxy) is 1. The molecule has 2 aromatic rings. The van der Waals surface area contributed by atoms with E-state index in [2.05, 4.69) is 57.9 Å². The second kappa shape index (κ2) is 10.9. The predicted octanol–water partition coefficient (Wildman–Crippen LogP) is 3.76. The van der Waals surface area contributed by atoms with Gasteiger partial charge in [-0.2, -0.15) is 0 Å². The number of nitrogens with zero attached hydrogens (tertiary/aromatic N) is 2. The molecule has 1 unspecified atom stereocenters. The lowest BCUT2D eigenvalue weighted by Crippen LogP contribution is -2.36. The van der Waals surface area contributed by atoms with Crippen LogP contribution in [-0.2, 0) is 17.7 Å². The van der Waals surface area contributed by atoms with Crippen LogP contribution in [0.15, 0.2) is 77.3 Å². The van der Waals surface area contributed by atoms with Gasteiger partial charge in [0.15, 0.2) is 5.76 Å². The average Bonchev–Trinajstić information content (AvgIpc) is 2.85. The Hall–Kier alpha value is -3.37. The molecule has 182 valence electrons. The maximum atomic E-state index is 10.8. The maximum absolute atomic E-state index is 10.8. The Labute approximate surface area is 207 Å². The van der Waals surface area contributed by atoms with Crippen LogP contribution < -0.4 is 5.32 Å². The Morgan fingerprint density at radius 1 is 1.03 bits per heavy atom. The Bertz CT molecular complexity index is 1160. The summed E-state index contributed by atoms with van der Waals surface area (Å²) in [5.41, 5.74) is 3.94. The monoisotopic (exact) mass is 471 g/mol. The predicted molar refractivity (Wildman–Crippen MR) is 139 cm³/mol. The van der Waals surface area contributed by atoms with E-state index in [0.717, 1.165) is 49.5 Å². The van der Waals surface area contributed by atoms with Gasteiger partial charge < -0.3 is 20.3 Å². The number of morpholine rings is 1. The summed E-state index contributed by atoms with van der Waals surface area (Å²) in [6.45, 7) is 11.8. The molecule has 3 N–H and O–H groups in total. The largest absolute Gasteiger partial charge is 0.504 e. The van der Waals surface area contributed by atoms with Gasteiger partial charge in [0.2, 0.25) is 0 Å². The molecule has 6 heteroatoms. The fourth-order valence-corrected chi connectivity index (χ4v) is 4.22. The summed E-state index contributed by atoms with van der Waals surface area (Å²) in [7, 11) is 0. The summed E-state index contributed by atoms with van der Waals surface area (Å²) in [5.74, 6) is 6.06. The standard InChI is InChI=1S/C29H33N3O3/c1-21-28(33)27(31-20-30-21)26(29(2,3)34)18-24-10-6-22(7-11-24)4-5-23-8-12-25(13-9-23)19-32-14-16-35-17-15-32/h6-13,20,26,33-34H,1,14-19H2,2-3H3,(H,30,31). The van der Waals surface area contributed by atoms with Crippen molar-refractivity contribution in [3.8, 4) is 11.8 Å². The second-order valence-electron chi connectivity index (χ2n) is 9.56. The lowest BCUT2D eigenvalue weighted by Gasteiger charge is -2.31. The molecule has 35 heavy (non-hydrogen) atoms. The first-order chi connectivity index (χ1) is 16.8. The Morgan fingerprint density at radius 3 is 2.17 bits per heavy atom. The van der Waals surface area contributed by atoms with Crippen molar-refractivity contribution in [1.29, 1.82) is 0 Å². The smallest absolute Gasteiger partial charge is 0.160 e. The molecule has 0 radical (unpaired) electrons. The van der Waals surface area contributed by atoms with Crippen molar-refractivity contribution in [2.75, 3.05) is 26.3 Å². The molecular weight excluding hydrogens is 438 g/mol. The Morgan fingerprint density at radius 2 is 1.60 bits per heavy atom. The zero-order valence-electron chi connectivity index (χ0n) is 20.4. The topological polar surface area (TPSA) is 77.3 Å². The van der Waals surface area contributed by atoms with Gasteiger partial charge in [0.1, 0.15) is 0 Å². The van der Waals surface area contributed by atoms with Crippen molar-refractivity contribution in [3.63, 3.8) is 0 Å². The number of aliphatic hydroxyl groups excluding tert-OH is 1. The van der Waals surface area contributed by atoms with E-state index in [9.17, 15) is 10.2 Å². The van der Waals surface area contributed by atoms with E-state index < -0.39 is 11.5 Å². The minimum atomic E-state index is -1.08. The fraction of sp³-hybridized carbons (Fsp3) is 0.345. The third kappa shape index (κ3) is 6.61. The number of hydrogen-bond donors (Lipinski definition) is 3. The van der Waals surface area contributed by atoms with Crippen molar-refractivity contribution in [1.82, 2.24) is 10.2 Å². The molecule has 1 saturated heterocycles. The van der Waals surface area contributed by atoms with Crippen molar-refractivity contribution in [2.24, 2.45) is 10.9 Å². The van der Waals surface area contributed by atoms with E-state index in [0.29, 0.717) is 17.8 Å². The molecule has 1 fully saturated rings. The van der Waals surface area contributed by atoms with Gasteiger partial charge in [0, 0.05) is 36.7 Å². The zero-order valence-corrected chi connectivity index (χ0v) is 20.4. The molecule has 2 aromatic carbocycles. The summed E-state index contributed by atoms with van der Waals surface area (Å²) >= 11 is 0. The van der Waals surface area contributed by atoms with Crippen LogP contribution in [0.5, 0.6) is 0 Å². The van der Waals surface area contributed by atoms with Gasteiger partial charge in [0.05, 0.1) is 36.5 Å². The van der Waals surface area contributed by atoms with Crippen LogP contribution >= 0.6 is 0 Å². The third-order valence-electron chi connectivity index (χ3n) is 6.36. The van der Waals surface area contributed by atoms with E-state index in [1.807, 2.05) is 24.3 Å². The van der Waals surface area contributed by atoms with Gasteiger partial charge in [-0.1, -0.05) is 42.7 Å². The number of aliphatic hydroxyl groups is 2. The summed E-state index contributed by atoms with van der Waals surface area (Å²) in [4.78, 5) is 6.69. The van der Waals surface area contributed by atoms with E-state index >= 15 is 0 Å². The molecule has 0 amide bonds. The average molecular weight is 472 g/mol. The second-order valence-corrected chi connectivity index (χ2v) is 9.56. The van der Waals surface area contributed by atoms with Gasteiger partial charge in [-0.05, 0) is 55.7 Å². The van der Waals surface area contributed by atoms with E-state index in [-0.39, 0.29) is 5.76 Å². The molecule has 0 bridgehead atoms. The van der Waals surface area contributed by atoms with Crippen LogP contribution in [0.2, 0.25) is 0 Å². The first kappa shape index (κ1) is 24.7. The first-order valence-electron chi connectivity index (χ1n) is 11.9. The number of benzene rings is 2. The molecule has 2 aliphatic heterocycles. The summed E-state index contributed by atoms with van der Waals surface area (Å²) in [6.07, 6.45) is 2.01. The molecule has 2 heterocycles. The highest BCUT2D eigenvalue weighted by Crippen LogP contribution is 2.32. The van der Waals surface area contributed by atoms with Crippen LogP contribution in [0.4, 0.5) is 0 Å². The summed E-state index contributed by atoms with van der Waals surface area (Å²) < 4.78 is 5.41. The van der Waals surface area contributed by atoms with E-state index in [4.69, 9.17) is 4.74 Å². The molecule has 4 rings (SSSR count). The van der Waals surface area contributed by atoms with Gasteiger partial charge in [-0.3, -0.25) is 4.90 Å². The molecule has 0 saturated carbocycles. The zero-order chi connectivity index (χ0) is 24.8. The summed E-state index contributed by atoms with van der Waals surface area (Å²) in [6, 6.07) is 16.4.